The normalized spacial score (nSPS) is 12.5. The van der Waals surface area contributed by atoms with Crippen molar-refractivity contribution in [2.45, 2.75) is 98.8 Å². The number of aromatic nitrogens is 4. The summed E-state index contributed by atoms with van der Waals surface area (Å²) in [6.07, 6.45) is 1.92. The molecule has 52 heavy (non-hydrogen) atoms. The van der Waals surface area contributed by atoms with Gasteiger partial charge in [0.15, 0.2) is 0 Å². The number of para-hydroxylation sites is 1. The number of pyridine rings is 1. The molecule has 0 saturated heterocycles. The average Bonchev–Trinajstić information content (AvgIpc) is 3.65. The first-order chi connectivity index (χ1) is 24.6. The molecular weight excluding hydrogens is 637 g/mol. The lowest BCUT2D eigenvalue weighted by Crippen LogP contribution is -2.13. The molecule has 0 unspecified atom stereocenters. The van der Waals surface area contributed by atoms with E-state index in [-0.39, 0.29) is 22.7 Å². The van der Waals surface area contributed by atoms with Gasteiger partial charge in [0.05, 0.1) is 28.1 Å². The highest BCUT2D eigenvalue weighted by molar-refractivity contribution is 6.09. The molecule has 0 fully saturated rings. The Kier molecular flexibility index (Phi) is 8.89. The smallest absolute Gasteiger partial charge is 0.137 e. The van der Waals surface area contributed by atoms with E-state index in [2.05, 4.69) is 182 Å². The number of hydrogen-bond acceptors (Lipinski definition) is 3. The number of fused-ring (bicyclic) bond motifs is 3. The van der Waals surface area contributed by atoms with Crippen LogP contribution < -0.4 is 4.74 Å². The molecule has 0 N–H and O–H groups in total. The van der Waals surface area contributed by atoms with Crippen molar-refractivity contribution in [3.05, 3.63) is 131 Å². The number of nitrogens with zero attached hydrogens (tertiary/aromatic N) is 4. The van der Waals surface area contributed by atoms with Gasteiger partial charge in [-0.3, -0.25) is 4.57 Å². The van der Waals surface area contributed by atoms with E-state index in [0.29, 0.717) is 0 Å². The van der Waals surface area contributed by atoms with Gasteiger partial charge in [-0.2, -0.15) is 5.10 Å². The molecule has 0 bridgehead atoms. The molecule has 5 nitrogen and oxygen atoms in total. The maximum atomic E-state index is 6.86. The van der Waals surface area contributed by atoms with E-state index < -0.39 is 0 Å². The van der Waals surface area contributed by atoms with Crippen molar-refractivity contribution in [3.8, 4) is 34.1 Å². The Bertz CT molecular complexity index is 2410. The van der Waals surface area contributed by atoms with Crippen LogP contribution in [-0.4, -0.2) is 19.3 Å². The predicted octanol–water partition coefficient (Wildman–Crippen LogP) is 13.0. The highest BCUT2D eigenvalue weighted by Gasteiger charge is 2.26. The van der Waals surface area contributed by atoms with Gasteiger partial charge < -0.3 is 4.74 Å². The molecule has 0 aliphatic rings. The van der Waals surface area contributed by atoms with Crippen molar-refractivity contribution in [1.29, 1.82) is 0 Å². The van der Waals surface area contributed by atoms with Crippen LogP contribution in [0.15, 0.2) is 103 Å². The van der Waals surface area contributed by atoms with E-state index in [0.717, 1.165) is 45.1 Å². The van der Waals surface area contributed by atoms with Gasteiger partial charge in [-0.1, -0.05) is 117 Å². The second-order valence-electron chi connectivity index (χ2n) is 17.0. The summed E-state index contributed by atoms with van der Waals surface area (Å²) >= 11 is 0. The molecule has 0 spiro atoms. The van der Waals surface area contributed by atoms with Gasteiger partial charge in [0.2, 0.25) is 0 Å². The summed E-state index contributed by atoms with van der Waals surface area (Å²) in [5, 5.41) is 7.71. The van der Waals surface area contributed by atoms with E-state index in [1.807, 2.05) is 6.20 Å². The van der Waals surface area contributed by atoms with Crippen molar-refractivity contribution in [2.24, 2.45) is 0 Å². The first-order valence-electron chi connectivity index (χ1n) is 18.6. The summed E-state index contributed by atoms with van der Waals surface area (Å²) in [4.78, 5) is 4.88. The molecule has 0 radical (unpaired) electrons. The lowest BCUT2D eigenvalue weighted by molar-refractivity contribution is 0.478. The van der Waals surface area contributed by atoms with Crippen LogP contribution in [0.1, 0.15) is 109 Å². The van der Waals surface area contributed by atoms with E-state index in [4.69, 9.17) is 14.8 Å². The van der Waals surface area contributed by atoms with Crippen molar-refractivity contribution < 1.29 is 4.74 Å². The Hall–Kier alpha value is -5.16. The fraction of sp³-hybridized carbons (Fsp3) is 0.319. The summed E-state index contributed by atoms with van der Waals surface area (Å²) in [6, 6.07) is 34.8. The first kappa shape index (κ1) is 35.3. The highest BCUT2D eigenvalue weighted by atomic mass is 16.5. The molecule has 0 amide bonds. The van der Waals surface area contributed by atoms with Crippen LogP contribution in [0.5, 0.6) is 11.5 Å². The minimum absolute atomic E-state index is 0.00133. The molecule has 3 heterocycles. The second kappa shape index (κ2) is 13.1. The molecule has 5 heteroatoms. The summed E-state index contributed by atoms with van der Waals surface area (Å²) in [5.74, 6) is 2.96. The molecule has 0 aliphatic heterocycles. The monoisotopic (exact) mass is 688 g/mol. The minimum atomic E-state index is -0.111. The highest BCUT2D eigenvalue weighted by Crippen LogP contribution is 2.41. The van der Waals surface area contributed by atoms with E-state index in [1.165, 1.54) is 38.9 Å². The van der Waals surface area contributed by atoms with E-state index in [9.17, 15) is 0 Å². The van der Waals surface area contributed by atoms with Crippen molar-refractivity contribution in [3.63, 3.8) is 0 Å². The molecule has 0 atom stereocenters. The number of aryl methyl sites for hydroxylation is 1. The van der Waals surface area contributed by atoms with E-state index in [1.54, 1.807) is 0 Å². The first-order valence-corrected chi connectivity index (χ1v) is 18.6. The van der Waals surface area contributed by atoms with Crippen LogP contribution in [0.4, 0.5) is 0 Å². The average molecular weight is 689 g/mol. The molecule has 7 aromatic rings. The van der Waals surface area contributed by atoms with Crippen LogP contribution in [-0.2, 0) is 10.8 Å². The summed E-state index contributed by atoms with van der Waals surface area (Å²) in [7, 11) is 0. The largest absolute Gasteiger partial charge is 0.457 e. The third-order valence-corrected chi connectivity index (χ3v) is 10.1. The molecule has 4 aromatic carbocycles. The predicted molar refractivity (Wildman–Crippen MR) is 218 cm³/mol. The van der Waals surface area contributed by atoms with Crippen molar-refractivity contribution in [2.75, 3.05) is 0 Å². The number of hydrogen-bond donors (Lipinski definition) is 0. The summed E-state index contributed by atoms with van der Waals surface area (Å²) < 4.78 is 11.3. The van der Waals surface area contributed by atoms with Crippen LogP contribution in [0.3, 0.4) is 0 Å². The minimum Gasteiger partial charge on any atom is -0.457 e. The zero-order valence-electron chi connectivity index (χ0n) is 32.7. The van der Waals surface area contributed by atoms with Gasteiger partial charge >= 0.3 is 0 Å². The van der Waals surface area contributed by atoms with Crippen LogP contribution in [0, 0.1) is 6.92 Å². The fourth-order valence-electron chi connectivity index (χ4n) is 7.20. The van der Waals surface area contributed by atoms with Gasteiger partial charge in [-0.25, -0.2) is 9.67 Å². The molecule has 7 rings (SSSR count). The van der Waals surface area contributed by atoms with Crippen LogP contribution in [0.2, 0.25) is 0 Å². The Morgan fingerprint density at radius 1 is 0.635 bits per heavy atom. The van der Waals surface area contributed by atoms with Crippen molar-refractivity contribution >= 4 is 21.8 Å². The van der Waals surface area contributed by atoms with Crippen molar-refractivity contribution in [1.82, 2.24) is 19.3 Å². The van der Waals surface area contributed by atoms with Gasteiger partial charge in [0.1, 0.15) is 17.3 Å². The number of ether oxygens (including phenoxy) is 1. The molecule has 266 valence electrons. The zero-order valence-corrected chi connectivity index (χ0v) is 32.7. The third kappa shape index (κ3) is 6.53. The molecule has 0 aliphatic carbocycles. The number of benzene rings is 4. The van der Waals surface area contributed by atoms with Gasteiger partial charge in [0.25, 0.3) is 0 Å². The number of rotatable bonds is 7. The Balaban J connectivity index is 1.39. The lowest BCUT2D eigenvalue weighted by Gasteiger charge is -2.22. The van der Waals surface area contributed by atoms with Gasteiger partial charge in [-0.15, -0.1) is 0 Å². The van der Waals surface area contributed by atoms with Gasteiger partial charge in [-0.05, 0) is 88.7 Å². The maximum Gasteiger partial charge on any atom is 0.137 e. The second-order valence-corrected chi connectivity index (χ2v) is 17.0. The lowest BCUT2D eigenvalue weighted by atomic mass is 9.86. The van der Waals surface area contributed by atoms with Gasteiger partial charge in [0, 0.05) is 34.7 Å². The molecule has 3 aromatic heterocycles. The van der Waals surface area contributed by atoms with Crippen LogP contribution in [0.25, 0.3) is 44.4 Å². The fourth-order valence-corrected chi connectivity index (χ4v) is 7.20. The topological polar surface area (TPSA) is 44.9 Å². The SMILES string of the molecule is Cc1ccc(-c2c(C(C)C)nn(-c3cc(Oc4ccc5c6ccccc6n(-c6cc(C(C)(C)C)ccn6)c5c4)cc(C(C)(C)C)c3)c2C(C)C)cc1. The van der Waals surface area contributed by atoms with Crippen LogP contribution >= 0.6 is 0 Å². The van der Waals surface area contributed by atoms with E-state index >= 15 is 0 Å². The zero-order chi connectivity index (χ0) is 37.1. The Labute approximate surface area is 309 Å². The quantitative estimate of drug-likeness (QED) is 0.167. The Morgan fingerprint density at radius 3 is 2.00 bits per heavy atom. The third-order valence-electron chi connectivity index (χ3n) is 10.1. The standard InChI is InChI=1S/C47H52N4O/c1-29(2)44-43(32-18-16-31(5)17-19-32)45(30(3)4)51(49-44)35-24-34(47(9,10)11)25-37(27-35)52-36-20-21-39-38-14-12-13-15-40(38)50(41(39)28-36)42-26-33(22-23-48-42)46(6,7)8/h12-30H,1-11H3. The Morgan fingerprint density at radius 2 is 1.33 bits per heavy atom. The summed E-state index contributed by atoms with van der Waals surface area (Å²) in [5.41, 5.74) is 11.5. The molecular formula is C47H52N4O. The maximum absolute atomic E-state index is 6.86. The summed E-state index contributed by atoms with van der Waals surface area (Å²) in [6.45, 7) is 24.6. The molecule has 0 saturated carbocycles.